The molecule has 1 aliphatic rings. The number of aromatic nitrogens is 2. The minimum atomic E-state index is -1.39. The molecule has 7 heteroatoms. The van der Waals surface area contributed by atoms with Crippen LogP contribution in [0, 0.1) is 0 Å². The lowest BCUT2D eigenvalue weighted by molar-refractivity contribution is -0.151. The number of fused-ring (bicyclic) bond motifs is 8. The van der Waals surface area contributed by atoms with Crippen LogP contribution in [0.25, 0.3) is 31.8 Å². The van der Waals surface area contributed by atoms with Crippen LogP contribution >= 0.6 is 11.3 Å². The normalized spacial score (nSPS) is 15.1. The van der Waals surface area contributed by atoms with E-state index in [4.69, 9.17) is 9.47 Å². The summed E-state index contributed by atoms with van der Waals surface area (Å²) in [5.41, 5.74) is 2.44. The molecule has 0 bridgehead atoms. The molecule has 5 rings (SSSR count). The summed E-state index contributed by atoms with van der Waals surface area (Å²) in [6, 6.07) is 6.10. The van der Waals surface area contributed by atoms with Gasteiger partial charge in [-0.2, -0.15) is 5.10 Å². The second-order valence-corrected chi connectivity index (χ2v) is 7.65. The number of aliphatic hydroxyl groups is 1. The highest BCUT2D eigenvalue weighted by molar-refractivity contribution is 7.18. The van der Waals surface area contributed by atoms with Gasteiger partial charge in [-0.25, -0.2) is 4.79 Å². The lowest BCUT2D eigenvalue weighted by Gasteiger charge is -2.20. The Labute approximate surface area is 158 Å². The highest BCUT2D eigenvalue weighted by Gasteiger charge is 2.29. The molecule has 0 fully saturated rings. The van der Waals surface area contributed by atoms with Gasteiger partial charge in [0.2, 0.25) is 0 Å². The molecule has 0 radical (unpaired) electrons. The van der Waals surface area contributed by atoms with Gasteiger partial charge in [0, 0.05) is 23.4 Å². The summed E-state index contributed by atoms with van der Waals surface area (Å²) in [6.45, 7) is 0.729. The van der Waals surface area contributed by atoms with Crippen LogP contribution in [0.2, 0.25) is 0 Å². The second kappa shape index (κ2) is 5.94. The van der Waals surface area contributed by atoms with Crippen molar-refractivity contribution in [3.8, 4) is 5.75 Å². The van der Waals surface area contributed by atoms with Crippen molar-refractivity contribution in [2.45, 2.75) is 18.9 Å². The average Bonchev–Trinajstić information content (AvgIpc) is 3.30. The van der Waals surface area contributed by atoms with Gasteiger partial charge in [-0.3, -0.25) is 4.68 Å². The highest BCUT2D eigenvalue weighted by atomic mass is 32.1. The first-order valence-corrected chi connectivity index (χ1v) is 9.69. The first kappa shape index (κ1) is 16.5. The van der Waals surface area contributed by atoms with Gasteiger partial charge in [0.1, 0.15) is 11.3 Å². The van der Waals surface area contributed by atoms with Crippen LogP contribution in [-0.4, -0.2) is 34.6 Å². The molecule has 138 valence electrons. The zero-order valence-corrected chi connectivity index (χ0v) is 15.8. The van der Waals surface area contributed by atoms with Crippen molar-refractivity contribution in [2.75, 3.05) is 13.7 Å². The number of hydrogen-bond donors (Lipinski definition) is 1. The van der Waals surface area contributed by atoms with Gasteiger partial charge in [-0.05, 0) is 47.2 Å². The second-order valence-electron chi connectivity index (χ2n) is 6.74. The summed E-state index contributed by atoms with van der Waals surface area (Å²) >= 11 is 1.62. The maximum Gasteiger partial charge on any atom is 0.341 e. The summed E-state index contributed by atoms with van der Waals surface area (Å²) < 4.78 is 13.3. The van der Waals surface area contributed by atoms with E-state index in [2.05, 4.69) is 16.5 Å². The average molecular weight is 382 g/mol. The number of ether oxygens (including phenoxy) is 2. The van der Waals surface area contributed by atoms with Crippen molar-refractivity contribution < 1.29 is 19.4 Å². The van der Waals surface area contributed by atoms with Crippen LogP contribution in [0.4, 0.5) is 0 Å². The molecular weight excluding hydrogens is 364 g/mol. The zero-order chi connectivity index (χ0) is 18.7. The number of carbonyl (C=O) groups is 1. The van der Waals surface area contributed by atoms with Crippen molar-refractivity contribution in [1.29, 1.82) is 0 Å². The molecule has 1 unspecified atom stereocenters. The van der Waals surface area contributed by atoms with Crippen LogP contribution in [-0.2, 0) is 23.0 Å². The summed E-state index contributed by atoms with van der Waals surface area (Å²) in [4.78, 5) is 12.1. The van der Waals surface area contributed by atoms with E-state index in [1.807, 2.05) is 12.1 Å². The lowest BCUT2D eigenvalue weighted by Crippen LogP contribution is -2.17. The third-order valence-corrected chi connectivity index (χ3v) is 6.21. The molecule has 1 N–H and O–H groups in total. The van der Waals surface area contributed by atoms with E-state index in [1.165, 1.54) is 12.7 Å². The molecule has 2 aromatic heterocycles. The van der Waals surface area contributed by atoms with Crippen molar-refractivity contribution in [3.63, 3.8) is 0 Å². The first-order valence-electron chi connectivity index (χ1n) is 8.82. The molecular formula is C20H18N2O4S. The highest BCUT2D eigenvalue weighted by Crippen LogP contribution is 2.44. The van der Waals surface area contributed by atoms with Crippen LogP contribution in [0.1, 0.15) is 23.8 Å². The molecule has 0 saturated heterocycles. The van der Waals surface area contributed by atoms with E-state index in [9.17, 15) is 9.90 Å². The summed E-state index contributed by atoms with van der Waals surface area (Å²) in [7, 11) is 3.02. The van der Waals surface area contributed by atoms with Crippen LogP contribution in [0.5, 0.6) is 5.75 Å². The SMILES string of the molecule is COC(=O)C(O)c1c2c3ccc4c(c3c3ccsc3c2nn1C)CCCO4. The Morgan fingerprint density at radius 3 is 3.00 bits per heavy atom. The number of rotatable bonds is 2. The quantitative estimate of drug-likeness (QED) is 0.538. The number of aliphatic hydroxyl groups excluding tert-OH is 1. The number of hydrogen-bond acceptors (Lipinski definition) is 6. The number of nitrogens with zero attached hydrogens (tertiary/aromatic N) is 2. The largest absolute Gasteiger partial charge is 0.493 e. The van der Waals surface area contributed by atoms with E-state index >= 15 is 0 Å². The van der Waals surface area contributed by atoms with Gasteiger partial charge < -0.3 is 14.6 Å². The zero-order valence-electron chi connectivity index (χ0n) is 15.0. The Balaban J connectivity index is 1.99. The Hall–Kier alpha value is -2.64. The molecule has 0 spiro atoms. The summed E-state index contributed by atoms with van der Waals surface area (Å²) in [5.74, 6) is 0.222. The molecule has 0 saturated carbocycles. The smallest absolute Gasteiger partial charge is 0.341 e. The molecule has 6 nitrogen and oxygen atoms in total. The third-order valence-electron chi connectivity index (χ3n) is 5.29. The van der Waals surface area contributed by atoms with E-state index < -0.39 is 12.1 Å². The maximum absolute atomic E-state index is 12.1. The number of esters is 1. The fourth-order valence-electron chi connectivity index (χ4n) is 4.15. The molecule has 1 aliphatic heterocycles. The van der Waals surface area contributed by atoms with Gasteiger partial charge in [0.05, 0.1) is 24.1 Å². The maximum atomic E-state index is 12.1. The fraction of sp³-hybridized carbons (Fsp3) is 0.300. The lowest BCUT2D eigenvalue weighted by atomic mass is 9.92. The predicted octanol–water partition coefficient (Wildman–Crippen LogP) is 3.47. The molecule has 1 atom stereocenters. The predicted molar refractivity (Wildman–Crippen MR) is 104 cm³/mol. The van der Waals surface area contributed by atoms with E-state index in [-0.39, 0.29) is 0 Å². The van der Waals surface area contributed by atoms with Gasteiger partial charge >= 0.3 is 5.97 Å². The summed E-state index contributed by atoms with van der Waals surface area (Å²) in [5, 5.41) is 21.4. The summed E-state index contributed by atoms with van der Waals surface area (Å²) in [6.07, 6.45) is 0.525. The number of thiophene rings is 1. The van der Waals surface area contributed by atoms with Crippen LogP contribution in [0.15, 0.2) is 23.6 Å². The third kappa shape index (κ3) is 2.22. The van der Waals surface area contributed by atoms with Crippen molar-refractivity contribution in [3.05, 3.63) is 34.8 Å². The van der Waals surface area contributed by atoms with E-state index in [0.717, 1.165) is 57.0 Å². The molecule has 27 heavy (non-hydrogen) atoms. The van der Waals surface area contributed by atoms with Gasteiger partial charge in [0.15, 0.2) is 6.10 Å². The number of methoxy groups -OCH3 is 1. The minimum absolute atomic E-state index is 0.453. The van der Waals surface area contributed by atoms with Crippen molar-refractivity contribution in [1.82, 2.24) is 9.78 Å². The molecule has 3 heterocycles. The molecule has 2 aromatic carbocycles. The standard InChI is InChI=1S/C20H18N2O4S/c1-22-17(18(23)20(24)25-2)15-11-5-6-13-10(4-3-8-26-13)14(11)12-7-9-27-19(12)16(15)21-22/h5-7,9,18,23H,3-4,8H2,1-2H3. The topological polar surface area (TPSA) is 73.6 Å². The Morgan fingerprint density at radius 2 is 2.19 bits per heavy atom. The number of benzene rings is 2. The van der Waals surface area contributed by atoms with E-state index in [1.54, 1.807) is 23.1 Å². The monoisotopic (exact) mass is 382 g/mol. The number of carbonyl (C=O) groups excluding carboxylic acids is 1. The van der Waals surface area contributed by atoms with Crippen molar-refractivity contribution in [2.24, 2.45) is 7.05 Å². The van der Waals surface area contributed by atoms with Crippen molar-refractivity contribution >= 4 is 49.1 Å². The Kier molecular flexibility index (Phi) is 3.63. The first-order chi connectivity index (χ1) is 13.1. The van der Waals surface area contributed by atoms with Crippen LogP contribution in [0.3, 0.4) is 0 Å². The molecule has 4 aromatic rings. The van der Waals surface area contributed by atoms with E-state index in [0.29, 0.717) is 5.69 Å². The molecule has 0 aliphatic carbocycles. The Morgan fingerprint density at radius 1 is 1.33 bits per heavy atom. The van der Waals surface area contributed by atoms with Crippen LogP contribution < -0.4 is 4.74 Å². The van der Waals surface area contributed by atoms with Gasteiger partial charge in [-0.1, -0.05) is 0 Å². The van der Waals surface area contributed by atoms with Gasteiger partial charge in [0.25, 0.3) is 0 Å². The Bertz CT molecular complexity index is 1220. The minimum Gasteiger partial charge on any atom is -0.493 e. The number of aryl methyl sites for hydroxylation is 2. The van der Waals surface area contributed by atoms with Gasteiger partial charge in [-0.15, -0.1) is 11.3 Å². The molecule has 0 amide bonds. The fourth-order valence-corrected chi connectivity index (χ4v) is 5.04.